The number of aromatic nitrogens is 2. The summed E-state index contributed by atoms with van der Waals surface area (Å²) in [5, 5.41) is 15.5. The number of aryl methyl sites for hydroxylation is 2. The first-order chi connectivity index (χ1) is 9.89. The van der Waals surface area contributed by atoms with E-state index in [-0.39, 0.29) is 11.6 Å². The summed E-state index contributed by atoms with van der Waals surface area (Å²) >= 11 is 0. The van der Waals surface area contributed by atoms with Gasteiger partial charge in [-0.15, -0.1) is 0 Å². The molecule has 1 atom stereocenters. The molecular formula is C17H31N3O. The lowest BCUT2D eigenvalue weighted by atomic mass is 9.72. The number of hydrogen-bond acceptors (Lipinski definition) is 3. The van der Waals surface area contributed by atoms with Crippen LogP contribution in [0.4, 0.5) is 0 Å². The minimum atomic E-state index is -0.332. The highest BCUT2D eigenvalue weighted by molar-refractivity contribution is 5.12. The van der Waals surface area contributed by atoms with Crippen LogP contribution in [-0.2, 0) is 13.0 Å². The maximum absolute atomic E-state index is 11.0. The highest BCUT2D eigenvalue weighted by Gasteiger charge is 2.42. The molecule has 21 heavy (non-hydrogen) atoms. The van der Waals surface area contributed by atoms with E-state index >= 15 is 0 Å². The first-order valence-corrected chi connectivity index (χ1v) is 8.28. The third-order valence-corrected chi connectivity index (χ3v) is 5.34. The van der Waals surface area contributed by atoms with Crippen molar-refractivity contribution in [3.63, 3.8) is 0 Å². The van der Waals surface area contributed by atoms with Gasteiger partial charge in [-0.2, -0.15) is 5.10 Å². The minimum absolute atomic E-state index is 0.0801. The summed E-state index contributed by atoms with van der Waals surface area (Å²) in [6.07, 6.45) is 4.95. The molecule has 1 N–H and O–H groups in total. The Bertz CT molecular complexity index is 459. The van der Waals surface area contributed by atoms with Gasteiger partial charge in [-0.3, -0.25) is 4.68 Å². The van der Waals surface area contributed by atoms with E-state index in [4.69, 9.17) is 0 Å². The van der Waals surface area contributed by atoms with E-state index < -0.39 is 0 Å². The molecule has 0 radical (unpaired) electrons. The molecule has 0 bridgehead atoms. The second-order valence-electron chi connectivity index (χ2n) is 6.99. The SMILES string of the molecule is CCn1nc(C)cc1CC(O)C1(N(C)C)CCC(C)CC1. The lowest BCUT2D eigenvalue weighted by molar-refractivity contribution is -0.0390. The molecule has 0 aliphatic heterocycles. The predicted octanol–water partition coefficient (Wildman–Crippen LogP) is 2.63. The molecule has 1 aliphatic rings. The van der Waals surface area contributed by atoms with Gasteiger partial charge in [0, 0.05) is 24.2 Å². The molecule has 1 aromatic rings. The minimum Gasteiger partial charge on any atom is -0.391 e. The average molecular weight is 293 g/mol. The third kappa shape index (κ3) is 3.32. The van der Waals surface area contributed by atoms with Crippen molar-refractivity contribution >= 4 is 0 Å². The third-order valence-electron chi connectivity index (χ3n) is 5.34. The van der Waals surface area contributed by atoms with Crippen molar-refractivity contribution < 1.29 is 5.11 Å². The molecule has 120 valence electrons. The van der Waals surface area contributed by atoms with Gasteiger partial charge in [0.1, 0.15) is 0 Å². The topological polar surface area (TPSA) is 41.3 Å². The van der Waals surface area contributed by atoms with E-state index in [1.807, 2.05) is 11.6 Å². The largest absolute Gasteiger partial charge is 0.391 e. The van der Waals surface area contributed by atoms with Crippen LogP contribution in [0.3, 0.4) is 0 Å². The van der Waals surface area contributed by atoms with Gasteiger partial charge in [0.2, 0.25) is 0 Å². The van der Waals surface area contributed by atoms with Crippen LogP contribution >= 0.6 is 0 Å². The number of aliphatic hydroxyl groups excluding tert-OH is 1. The first kappa shape index (κ1) is 16.5. The van der Waals surface area contributed by atoms with Crippen LogP contribution in [0.15, 0.2) is 6.07 Å². The standard InChI is InChI=1S/C17H31N3O/c1-6-20-15(11-14(3)18-20)12-16(21)17(19(4)5)9-7-13(2)8-10-17/h11,13,16,21H,6-10,12H2,1-5H3. The fraction of sp³-hybridized carbons (Fsp3) is 0.824. The summed E-state index contributed by atoms with van der Waals surface area (Å²) in [5.41, 5.74) is 2.11. The molecule has 1 fully saturated rings. The number of hydrogen-bond donors (Lipinski definition) is 1. The molecule has 0 aromatic carbocycles. The number of aliphatic hydroxyl groups is 1. The van der Waals surface area contributed by atoms with Crippen LogP contribution in [0.5, 0.6) is 0 Å². The molecule has 4 nitrogen and oxygen atoms in total. The molecule has 1 aromatic heterocycles. The van der Waals surface area contributed by atoms with Crippen LogP contribution in [-0.4, -0.2) is 45.5 Å². The van der Waals surface area contributed by atoms with E-state index in [9.17, 15) is 5.11 Å². The van der Waals surface area contributed by atoms with Gasteiger partial charge in [-0.25, -0.2) is 0 Å². The van der Waals surface area contributed by atoms with Gasteiger partial charge in [0.15, 0.2) is 0 Å². The summed E-state index contributed by atoms with van der Waals surface area (Å²) in [7, 11) is 4.23. The lowest BCUT2D eigenvalue weighted by Gasteiger charge is -2.47. The highest BCUT2D eigenvalue weighted by atomic mass is 16.3. The first-order valence-electron chi connectivity index (χ1n) is 8.28. The second-order valence-corrected chi connectivity index (χ2v) is 6.99. The smallest absolute Gasteiger partial charge is 0.0778 e. The molecule has 2 rings (SSSR count). The van der Waals surface area contributed by atoms with Crippen molar-refractivity contribution in [1.29, 1.82) is 0 Å². The summed E-state index contributed by atoms with van der Waals surface area (Å²) in [4.78, 5) is 2.25. The van der Waals surface area contributed by atoms with Gasteiger partial charge in [-0.1, -0.05) is 6.92 Å². The van der Waals surface area contributed by atoms with Gasteiger partial charge >= 0.3 is 0 Å². The van der Waals surface area contributed by atoms with E-state index in [1.54, 1.807) is 0 Å². The van der Waals surface area contributed by atoms with Crippen LogP contribution < -0.4 is 0 Å². The summed E-state index contributed by atoms with van der Waals surface area (Å²) < 4.78 is 2.02. The van der Waals surface area contributed by atoms with Crippen LogP contribution in [0, 0.1) is 12.8 Å². The van der Waals surface area contributed by atoms with Crippen molar-refractivity contribution in [2.45, 2.75) is 71.1 Å². The summed E-state index contributed by atoms with van der Waals surface area (Å²) in [5.74, 6) is 0.786. The Morgan fingerprint density at radius 3 is 2.57 bits per heavy atom. The van der Waals surface area contributed by atoms with Crippen molar-refractivity contribution in [1.82, 2.24) is 14.7 Å². The van der Waals surface area contributed by atoms with E-state index in [0.717, 1.165) is 36.7 Å². The van der Waals surface area contributed by atoms with Crippen LogP contribution in [0.1, 0.15) is 50.9 Å². The van der Waals surface area contributed by atoms with Crippen molar-refractivity contribution in [2.75, 3.05) is 14.1 Å². The Morgan fingerprint density at radius 1 is 1.43 bits per heavy atom. The number of nitrogens with zero attached hydrogens (tertiary/aromatic N) is 3. The van der Waals surface area contributed by atoms with Crippen molar-refractivity contribution in [3.05, 3.63) is 17.5 Å². The molecular weight excluding hydrogens is 262 g/mol. The lowest BCUT2D eigenvalue weighted by Crippen LogP contribution is -2.56. The zero-order valence-corrected chi connectivity index (χ0v) is 14.3. The Balaban J connectivity index is 2.17. The fourth-order valence-electron chi connectivity index (χ4n) is 3.77. The van der Waals surface area contributed by atoms with E-state index in [1.165, 1.54) is 12.8 Å². The Labute approximate surface area is 129 Å². The van der Waals surface area contributed by atoms with Crippen molar-refractivity contribution in [2.24, 2.45) is 5.92 Å². The zero-order valence-electron chi connectivity index (χ0n) is 14.3. The van der Waals surface area contributed by atoms with Crippen LogP contribution in [0.25, 0.3) is 0 Å². The van der Waals surface area contributed by atoms with Gasteiger partial charge in [-0.05, 0) is 65.6 Å². The Kier molecular flexibility index (Phi) is 5.10. The normalized spacial score (nSPS) is 28.0. The van der Waals surface area contributed by atoms with Crippen LogP contribution in [0.2, 0.25) is 0 Å². The van der Waals surface area contributed by atoms with Gasteiger partial charge in [0.05, 0.1) is 11.8 Å². The maximum Gasteiger partial charge on any atom is 0.0778 e. The monoisotopic (exact) mass is 293 g/mol. The highest BCUT2D eigenvalue weighted by Crippen LogP contribution is 2.38. The number of rotatable bonds is 5. The fourth-order valence-corrected chi connectivity index (χ4v) is 3.77. The summed E-state index contributed by atoms with van der Waals surface area (Å²) in [6.45, 7) is 7.31. The van der Waals surface area contributed by atoms with Gasteiger partial charge in [0.25, 0.3) is 0 Å². The second kappa shape index (κ2) is 6.49. The molecule has 1 unspecified atom stereocenters. The van der Waals surface area contributed by atoms with Crippen molar-refractivity contribution in [3.8, 4) is 0 Å². The van der Waals surface area contributed by atoms with E-state index in [0.29, 0.717) is 6.42 Å². The molecule has 4 heteroatoms. The molecule has 1 heterocycles. The van der Waals surface area contributed by atoms with E-state index in [2.05, 4.69) is 44.0 Å². The maximum atomic E-state index is 11.0. The molecule has 1 aliphatic carbocycles. The summed E-state index contributed by atoms with van der Waals surface area (Å²) in [6, 6.07) is 2.11. The molecule has 1 saturated carbocycles. The van der Waals surface area contributed by atoms with Gasteiger partial charge < -0.3 is 10.0 Å². The Hall–Kier alpha value is -0.870. The average Bonchev–Trinajstić information content (AvgIpc) is 2.79. The predicted molar refractivity (Wildman–Crippen MR) is 86.4 cm³/mol. The Morgan fingerprint density at radius 2 is 2.05 bits per heavy atom. The number of likely N-dealkylation sites (N-methyl/N-ethyl adjacent to an activating group) is 1. The molecule has 0 saturated heterocycles. The quantitative estimate of drug-likeness (QED) is 0.907. The molecule has 0 spiro atoms. The molecule has 0 amide bonds. The zero-order chi connectivity index (χ0) is 15.6.